The van der Waals surface area contributed by atoms with Crippen molar-refractivity contribution in [1.29, 1.82) is 0 Å². The smallest absolute Gasteiger partial charge is 0.339 e. The molecule has 7 nitrogen and oxygen atoms in total. The molecular weight excluding hydrogens is 475 g/mol. The van der Waals surface area contributed by atoms with Crippen molar-refractivity contribution >= 4 is 56.5 Å². The lowest BCUT2D eigenvalue weighted by Gasteiger charge is -2.12. The highest BCUT2D eigenvalue weighted by molar-refractivity contribution is 7.92. The van der Waals surface area contributed by atoms with E-state index in [2.05, 4.69) is 14.8 Å². The van der Waals surface area contributed by atoms with Gasteiger partial charge in [-0.2, -0.15) is 0 Å². The predicted octanol–water partition coefficient (Wildman–Crippen LogP) is 5.14. The lowest BCUT2D eigenvalue weighted by molar-refractivity contribution is 0.0600. The Morgan fingerprint density at radius 2 is 1.59 bits per heavy atom. The van der Waals surface area contributed by atoms with Gasteiger partial charge in [0.05, 0.1) is 33.3 Å². The molecule has 2 N–H and O–H groups in total. The third-order valence-electron chi connectivity index (χ3n) is 4.44. The number of esters is 1. The zero-order valence-corrected chi connectivity index (χ0v) is 19.3. The second kappa shape index (κ2) is 9.60. The minimum atomic E-state index is -3.85. The first kappa shape index (κ1) is 23.6. The lowest BCUT2D eigenvalue weighted by Crippen LogP contribution is -2.15. The standard InChI is InChI=1S/C22H18Cl2N2O5S/c1-13-3-7-16(8-4-13)32(29,30)26-20-10-5-14(11-19(20)24)21(27)25-15-6-9-18(23)17(12-15)22(28)31-2/h3-12,26H,1-2H3,(H,25,27). The summed E-state index contributed by atoms with van der Waals surface area (Å²) in [6.07, 6.45) is 0. The minimum Gasteiger partial charge on any atom is -0.465 e. The van der Waals surface area contributed by atoms with Gasteiger partial charge in [-0.3, -0.25) is 9.52 Å². The van der Waals surface area contributed by atoms with E-state index < -0.39 is 21.9 Å². The fourth-order valence-corrected chi connectivity index (χ4v) is 4.29. The number of rotatable bonds is 6. The quantitative estimate of drug-likeness (QED) is 0.463. The number of nitrogens with one attached hydrogen (secondary N) is 2. The molecule has 10 heteroatoms. The molecule has 0 aliphatic carbocycles. The van der Waals surface area contributed by atoms with Crippen LogP contribution in [0.3, 0.4) is 0 Å². The molecule has 0 aromatic heterocycles. The van der Waals surface area contributed by atoms with Crippen LogP contribution in [0.25, 0.3) is 0 Å². The summed E-state index contributed by atoms with van der Waals surface area (Å²) in [5.74, 6) is -1.16. The maximum absolute atomic E-state index is 12.6. The number of halogens is 2. The number of hydrogen-bond acceptors (Lipinski definition) is 5. The van der Waals surface area contributed by atoms with Crippen LogP contribution in [0.15, 0.2) is 65.6 Å². The monoisotopic (exact) mass is 492 g/mol. The van der Waals surface area contributed by atoms with Crippen molar-refractivity contribution in [3.05, 3.63) is 87.4 Å². The molecule has 0 atom stereocenters. The molecule has 166 valence electrons. The number of ether oxygens (including phenoxy) is 1. The van der Waals surface area contributed by atoms with Crippen molar-refractivity contribution in [2.75, 3.05) is 17.1 Å². The first-order chi connectivity index (χ1) is 15.1. The third kappa shape index (κ3) is 5.40. The van der Waals surface area contributed by atoms with Crippen molar-refractivity contribution in [2.45, 2.75) is 11.8 Å². The van der Waals surface area contributed by atoms with Gasteiger partial charge >= 0.3 is 5.97 Å². The fraction of sp³-hybridized carbons (Fsp3) is 0.0909. The number of aryl methyl sites for hydroxylation is 1. The van der Waals surface area contributed by atoms with Crippen molar-refractivity contribution in [3.63, 3.8) is 0 Å². The molecule has 0 spiro atoms. The molecule has 0 aliphatic heterocycles. The van der Waals surface area contributed by atoms with Crippen LogP contribution >= 0.6 is 23.2 Å². The Balaban J connectivity index is 1.78. The molecule has 3 aromatic rings. The Labute approximate surface area is 195 Å². The number of benzene rings is 3. The van der Waals surface area contributed by atoms with Gasteiger partial charge in [0.25, 0.3) is 15.9 Å². The summed E-state index contributed by atoms with van der Waals surface area (Å²) >= 11 is 12.2. The summed E-state index contributed by atoms with van der Waals surface area (Å²) in [7, 11) is -2.62. The van der Waals surface area contributed by atoms with Gasteiger partial charge < -0.3 is 10.1 Å². The van der Waals surface area contributed by atoms with Crippen molar-refractivity contribution < 1.29 is 22.7 Å². The van der Waals surface area contributed by atoms with Gasteiger partial charge in [-0.1, -0.05) is 40.9 Å². The SMILES string of the molecule is COC(=O)c1cc(NC(=O)c2ccc(NS(=O)(=O)c3ccc(C)cc3)c(Cl)c2)ccc1Cl. The normalized spacial score (nSPS) is 11.0. The summed E-state index contributed by atoms with van der Waals surface area (Å²) < 4.78 is 32.2. The van der Waals surface area contributed by atoms with Gasteiger partial charge in [-0.05, 0) is 55.5 Å². The number of carbonyl (C=O) groups excluding carboxylic acids is 2. The van der Waals surface area contributed by atoms with Crippen LogP contribution in [0.5, 0.6) is 0 Å². The molecule has 0 aliphatic rings. The van der Waals surface area contributed by atoms with E-state index in [-0.39, 0.29) is 31.8 Å². The molecule has 32 heavy (non-hydrogen) atoms. The summed E-state index contributed by atoms with van der Waals surface area (Å²) in [6, 6.07) is 14.9. The van der Waals surface area contributed by atoms with Gasteiger partial charge in [0.1, 0.15) is 0 Å². The summed E-state index contributed by atoms with van der Waals surface area (Å²) in [6.45, 7) is 1.85. The Morgan fingerprint density at radius 3 is 2.22 bits per heavy atom. The second-order valence-electron chi connectivity index (χ2n) is 6.75. The number of anilines is 2. The van der Waals surface area contributed by atoms with Gasteiger partial charge in [0, 0.05) is 11.3 Å². The first-order valence-corrected chi connectivity index (χ1v) is 11.4. The van der Waals surface area contributed by atoms with Crippen molar-refractivity contribution in [3.8, 4) is 0 Å². The second-order valence-corrected chi connectivity index (χ2v) is 9.25. The average Bonchev–Trinajstić information content (AvgIpc) is 2.76. The van der Waals surface area contributed by atoms with E-state index in [0.717, 1.165) is 5.56 Å². The van der Waals surface area contributed by atoms with Crippen molar-refractivity contribution in [1.82, 2.24) is 0 Å². The lowest BCUT2D eigenvalue weighted by atomic mass is 10.1. The molecule has 0 bridgehead atoms. The average molecular weight is 493 g/mol. The Morgan fingerprint density at radius 1 is 0.906 bits per heavy atom. The van der Waals surface area contributed by atoms with Crippen LogP contribution in [-0.2, 0) is 14.8 Å². The molecule has 0 fully saturated rings. The van der Waals surface area contributed by atoms with Crippen LogP contribution in [0.1, 0.15) is 26.3 Å². The Hall–Kier alpha value is -3.07. The third-order valence-corrected chi connectivity index (χ3v) is 6.46. The van der Waals surface area contributed by atoms with Gasteiger partial charge in [0.2, 0.25) is 0 Å². The van der Waals surface area contributed by atoms with Gasteiger partial charge in [-0.25, -0.2) is 13.2 Å². The van der Waals surface area contributed by atoms with Crippen LogP contribution in [0.2, 0.25) is 10.0 Å². The fourth-order valence-electron chi connectivity index (χ4n) is 2.73. The summed E-state index contributed by atoms with van der Waals surface area (Å²) in [5.41, 5.74) is 1.66. The maximum atomic E-state index is 12.6. The largest absolute Gasteiger partial charge is 0.465 e. The predicted molar refractivity (Wildman–Crippen MR) is 124 cm³/mol. The van der Waals surface area contributed by atoms with Crippen molar-refractivity contribution in [2.24, 2.45) is 0 Å². The summed E-state index contributed by atoms with van der Waals surface area (Å²) in [5, 5.41) is 2.85. The van der Waals surface area contributed by atoms with E-state index in [0.29, 0.717) is 5.69 Å². The molecule has 0 saturated heterocycles. The Kier molecular flexibility index (Phi) is 7.08. The summed E-state index contributed by atoms with van der Waals surface area (Å²) in [4.78, 5) is 24.4. The molecular formula is C22H18Cl2N2O5S. The minimum absolute atomic E-state index is 0.0414. The van der Waals surface area contributed by atoms with E-state index in [1.54, 1.807) is 12.1 Å². The highest BCUT2D eigenvalue weighted by Gasteiger charge is 2.18. The van der Waals surface area contributed by atoms with Gasteiger partial charge in [0.15, 0.2) is 0 Å². The molecule has 0 unspecified atom stereocenters. The number of methoxy groups -OCH3 is 1. The zero-order valence-electron chi connectivity index (χ0n) is 17.0. The maximum Gasteiger partial charge on any atom is 0.339 e. The van der Waals surface area contributed by atoms with E-state index in [4.69, 9.17) is 23.2 Å². The Bertz CT molecular complexity index is 1290. The number of sulfonamides is 1. The molecule has 0 radical (unpaired) electrons. The molecule has 0 heterocycles. The number of hydrogen-bond donors (Lipinski definition) is 2. The van der Waals surface area contributed by atoms with E-state index >= 15 is 0 Å². The molecule has 3 aromatic carbocycles. The number of amides is 1. The molecule has 1 amide bonds. The molecule has 3 rings (SSSR count). The highest BCUT2D eigenvalue weighted by atomic mass is 35.5. The van der Waals surface area contributed by atoms with Gasteiger partial charge in [-0.15, -0.1) is 0 Å². The van der Waals surface area contributed by atoms with E-state index in [1.807, 2.05) is 6.92 Å². The van der Waals surface area contributed by atoms with Crippen LogP contribution in [0, 0.1) is 6.92 Å². The van der Waals surface area contributed by atoms with Crippen LogP contribution in [0.4, 0.5) is 11.4 Å². The van der Waals surface area contributed by atoms with Crippen LogP contribution < -0.4 is 10.0 Å². The topological polar surface area (TPSA) is 102 Å². The highest BCUT2D eigenvalue weighted by Crippen LogP contribution is 2.27. The zero-order chi connectivity index (χ0) is 23.5. The number of carbonyl (C=O) groups is 2. The van der Waals surface area contributed by atoms with Crippen LogP contribution in [-0.4, -0.2) is 27.4 Å². The first-order valence-electron chi connectivity index (χ1n) is 9.19. The van der Waals surface area contributed by atoms with E-state index in [9.17, 15) is 18.0 Å². The van der Waals surface area contributed by atoms with E-state index in [1.165, 1.54) is 55.6 Å². The molecule has 0 saturated carbocycles.